The molecule has 7 aromatic carbocycles. The van der Waals surface area contributed by atoms with E-state index in [0.29, 0.717) is 105 Å². The smallest absolute Gasteiger partial charge is 0.189 e. The molecule has 17 nitrogen and oxygen atoms in total. The lowest BCUT2D eigenvalue weighted by Gasteiger charge is -2.39. The zero-order valence-electron chi connectivity index (χ0n) is 64.2. The van der Waals surface area contributed by atoms with Crippen LogP contribution in [0.4, 0.5) is 30.2 Å². The zero-order chi connectivity index (χ0) is 78.7. The Balaban J connectivity index is 0.000000147. The molecule has 0 amide bonds. The van der Waals surface area contributed by atoms with Crippen LogP contribution in [0, 0.1) is 23.4 Å². The molecule has 0 aromatic heterocycles. The van der Waals surface area contributed by atoms with Crippen molar-refractivity contribution in [2.75, 3.05) is 150 Å². The SMILES string of the molecule is CC1CNCCN1C.COc1cc2c(cc1Br)CCC2=O.COc1cc2c(cc1N1CCN(C)C(C)C1)C/C(=C\c1ccc(Cl)cc1F)C2=O.COc1cc2c(cc1N1CCN(C)C(C)C1)CC(Cc1ccc(Cl)cc1F)C2=O.COc1cc2c(cc1N1CCN(C)C(C)C1)CCC2=O.O=Cc1ccc(Cl)cc1F. The minimum atomic E-state index is -0.581. The molecule has 0 bridgehead atoms. The van der Waals surface area contributed by atoms with Gasteiger partial charge in [-0.3, -0.25) is 24.0 Å². The van der Waals surface area contributed by atoms with E-state index >= 15 is 0 Å². The van der Waals surface area contributed by atoms with Gasteiger partial charge in [0.15, 0.2) is 29.4 Å². The summed E-state index contributed by atoms with van der Waals surface area (Å²) >= 11 is 20.5. The van der Waals surface area contributed by atoms with Gasteiger partial charge in [-0.05, 0) is 222 Å². The maximum absolute atomic E-state index is 14.2. The molecule has 4 aliphatic heterocycles. The van der Waals surface area contributed by atoms with Crippen molar-refractivity contribution < 1.29 is 56.1 Å². The molecule has 8 aliphatic rings. The first kappa shape index (κ1) is 83.6. The summed E-state index contributed by atoms with van der Waals surface area (Å²) in [5.41, 5.74) is 12.0. The molecule has 4 aliphatic carbocycles. The van der Waals surface area contributed by atoms with Crippen LogP contribution in [0.1, 0.15) is 126 Å². The number of piperazine rings is 4. The highest BCUT2D eigenvalue weighted by molar-refractivity contribution is 9.10. The molecule has 0 radical (unpaired) electrons. The number of allylic oxidation sites excluding steroid dienone is 1. The molecule has 15 rings (SSSR count). The Hall–Kier alpha value is -7.83. The summed E-state index contributed by atoms with van der Waals surface area (Å²) in [5, 5.41) is 4.32. The van der Waals surface area contributed by atoms with Gasteiger partial charge in [-0.15, -0.1) is 0 Å². The van der Waals surface area contributed by atoms with E-state index in [1.165, 1.54) is 36.4 Å². The van der Waals surface area contributed by atoms with E-state index in [2.05, 4.69) is 130 Å². The van der Waals surface area contributed by atoms with E-state index in [9.17, 15) is 37.1 Å². The van der Waals surface area contributed by atoms with E-state index in [0.717, 1.165) is 164 Å². The first-order valence-corrected chi connectivity index (χ1v) is 38.9. The minimum absolute atomic E-state index is 0.0319. The molecule has 5 atom stereocenters. The number of carbonyl (C=O) groups excluding carboxylic acids is 5. The Kier molecular flexibility index (Phi) is 29.1. The van der Waals surface area contributed by atoms with Crippen molar-refractivity contribution in [2.45, 2.75) is 96.8 Å². The van der Waals surface area contributed by atoms with Crippen LogP contribution in [0.2, 0.25) is 15.1 Å². The van der Waals surface area contributed by atoms with Gasteiger partial charge in [0.05, 0.1) is 55.5 Å². The predicted molar refractivity (Wildman–Crippen MR) is 434 cm³/mol. The number of anilines is 3. The number of ketones is 4. The fourth-order valence-corrected chi connectivity index (χ4v) is 15.7. The summed E-state index contributed by atoms with van der Waals surface area (Å²) in [6.07, 6.45) is 6.55. The topological polar surface area (TPSA) is 157 Å². The van der Waals surface area contributed by atoms with Crippen LogP contribution in [0.25, 0.3) is 6.08 Å². The monoisotopic (exact) mass is 1620 g/mol. The van der Waals surface area contributed by atoms with Crippen LogP contribution < -0.4 is 39.0 Å². The van der Waals surface area contributed by atoms with Crippen molar-refractivity contribution in [1.82, 2.24) is 24.9 Å². The van der Waals surface area contributed by atoms with Crippen LogP contribution in [0.5, 0.6) is 23.0 Å². The lowest BCUT2D eigenvalue weighted by Crippen LogP contribution is -2.50. The largest absolute Gasteiger partial charge is 0.496 e. The summed E-state index contributed by atoms with van der Waals surface area (Å²) in [4.78, 5) is 75.7. The van der Waals surface area contributed by atoms with Crippen molar-refractivity contribution in [1.29, 1.82) is 0 Å². The minimum Gasteiger partial charge on any atom is -0.496 e. The molecule has 109 heavy (non-hydrogen) atoms. The number of hydrogen-bond donors (Lipinski definition) is 1. The van der Waals surface area contributed by atoms with Crippen LogP contribution >= 0.6 is 50.7 Å². The van der Waals surface area contributed by atoms with Gasteiger partial charge in [0, 0.05) is 176 Å². The van der Waals surface area contributed by atoms with Crippen molar-refractivity contribution in [2.24, 2.45) is 5.92 Å². The van der Waals surface area contributed by atoms with Crippen LogP contribution in [0.15, 0.2) is 113 Å². The Morgan fingerprint density at radius 2 is 0.917 bits per heavy atom. The van der Waals surface area contributed by atoms with E-state index in [1.54, 1.807) is 58.8 Å². The molecular formula is C85H99BrCl3F3N8O9. The average molecular weight is 1620 g/mol. The predicted octanol–water partition coefficient (Wildman–Crippen LogP) is 15.4. The summed E-state index contributed by atoms with van der Waals surface area (Å²) in [6, 6.07) is 30.9. The van der Waals surface area contributed by atoms with Crippen molar-refractivity contribution >= 4 is 103 Å². The third-order valence-electron chi connectivity index (χ3n) is 22.1. The van der Waals surface area contributed by atoms with E-state index in [4.69, 9.17) is 53.8 Å². The lowest BCUT2D eigenvalue weighted by molar-refractivity contribution is 0.0933. The van der Waals surface area contributed by atoms with Gasteiger partial charge in [-0.1, -0.05) is 46.9 Å². The number of nitrogens with one attached hydrogen (secondary N) is 1. The van der Waals surface area contributed by atoms with Gasteiger partial charge in [0.1, 0.15) is 40.4 Å². The Morgan fingerprint density at radius 3 is 1.37 bits per heavy atom. The molecule has 1 N–H and O–H groups in total. The highest BCUT2D eigenvalue weighted by Gasteiger charge is 2.36. The second kappa shape index (κ2) is 37.9. The van der Waals surface area contributed by atoms with Gasteiger partial charge < -0.3 is 58.6 Å². The number of benzene rings is 7. The number of ether oxygens (including phenoxy) is 4. The Morgan fingerprint density at radius 1 is 0.486 bits per heavy atom. The summed E-state index contributed by atoms with van der Waals surface area (Å²) in [5.74, 6) is 1.82. The number of nitrogens with zero attached hydrogens (tertiary/aromatic N) is 7. The molecule has 4 saturated heterocycles. The second-order valence-electron chi connectivity index (χ2n) is 29.2. The third-order valence-corrected chi connectivity index (χ3v) is 23.4. The molecular weight excluding hydrogens is 1520 g/mol. The Bertz CT molecular complexity index is 4520. The number of likely N-dealkylation sites (N-methyl/N-ethyl adjacent to an activating group) is 4. The summed E-state index contributed by atoms with van der Waals surface area (Å²) in [6.45, 7) is 21.1. The average Bonchev–Trinajstić information content (AvgIpc) is 1.66. The van der Waals surface area contributed by atoms with Crippen LogP contribution in [-0.2, 0) is 32.1 Å². The van der Waals surface area contributed by atoms with Gasteiger partial charge in [0.25, 0.3) is 0 Å². The molecule has 0 spiro atoms. The number of aryl methyl sites for hydroxylation is 2. The molecule has 582 valence electrons. The standard InChI is InChI=1S/C23H26ClFN2O2.C23H24ClFN2O2.C16H22N2O2.C10H9BrO2.C7H4ClFO.C6H14N2/c2*1-14-13-27(7-6-26(14)2)21-10-16-9-17(23(28)19(16)12-22(21)29-3)8-15-4-5-18(24)11-20(15)25;1-11-10-18(7-6-17(11)2)14-8-12-4-5-15(19)13(12)9-16(14)20-3;1-13-10-5-7-6(4-8(10)11)2-3-9(7)12;8-6-2-1-5(4-10)7(9)3-6;1-6-5-7-3-4-8(6)2/h4-5,10-12,14,17H,6-9,13H2,1-3H3;4-5,8,10-12,14H,6-7,9,13H2,1-3H3;8-9,11H,4-7,10H2,1-3H3;4-5H,2-3H2,1H3;1-4H;6-7H,3-5H2,1-2H3/b;17-8+;;;;. The second-order valence-corrected chi connectivity index (χ2v) is 31.4. The first-order valence-electron chi connectivity index (χ1n) is 37.0. The van der Waals surface area contributed by atoms with Gasteiger partial charge in [0.2, 0.25) is 0 Å². The zero-order valence-corrected chi connectivity index (χ0v) is 68.1. The van der Waals surface area contributed by atoms with Crippen molar-refractivity contribution in [3.63, 3.8) is 0 Å². The number of hydrogen-bond acceptors (Lipinski definition) is 17. The fraction of sp³-hybridized carbons (Fsp3) is 0.424. The molecule has 5 unspecified atom stereocenters. The maximum Gasteiger partial charge on any atom is 0.189 e. The summed E-state index contributed by atoms with van der Waals surface area (Å²) in [7, 11) is 15.2. The van der Waals surface area contributed by atoms with Crippen molar-refractivity contribution in [3.8, 4) is 23.0 Å². The van der Waals surface area contributed by atoms with E-state index in [1.807, 2.05) is 30.3 Å². The molecule has 4 heterocycles. The van der Waals surface area contributed by atoms with Gasteiger partial charge in [-0.2, -0.15) is 0 Å². The third kappa shape index (κ3) is 20.5. The van der Waals surface area contributed by atoms with Crippen LogP contribution in [-0.4, -0.2) is 208 Å². The quantitative estimate of drug-likeness (QED) is 0.0962. The number of aldehydes is 1. The Labute approximate surface area is 662 Å². The highest BCUT2D eigenvalue weighted by Crippen LogP contribution is 2.42. The van der Waals surface area contributed by atoms with Crippen molar-refractivity contribution in [3.05, 3.63) is 207 Å². The molecule has 7 aromatic rings. The highest BCUT2D eigenvalue weighted by atomic mass is 79.9. The van der Waals surface area contributed by atoms with E-state index < -0.39 is 11.6 Å². The summed E-state index contributed by atoms with van der Waals surface area (Å²) < 4.78 is 63.8. The number of Topliss-reactive ketones (excluding diaryl/α,β-unsaturated/α-hetero) is 4. The first-order chi connectivity index (χ1) is 52.1. The number of rotatable bonds is 11. The molecule has 4 fully saturated rings. The number of methoxy groups -OCH3 is 4. The van der Waals surface area contributed by atoms with Gasteiger partial charge >= 0.3 is 0 Å². The molecule has 24 heteroatoms. The molecule has 0 saturated carbocycles. The van der Waals surface area contributed by atoms with E-state index in [-0.39, 0.29) is 40.4 Å². The number of fused-ring (bicyclic) bond motifs is 4. The fourth-order valence-electron chi connectivity index (χ4n) is 14.7. The van der Waals surface area contributed by atoms with Crippen LogP contribution in [0.3, 0.4) is 0 Å². The maximum atomic E-state index is 14.2. The number of carbonyl (C=O) groups is 5. The lowest BCUT2D eigenvalue weighted by atomic mass is 9.95. The number of halogens is 7. The normalized spacial score (nSPS) is 20.7. The van der Waals surface area contributed by atoms with Gasteiger partial charge in [-0.25, -0.2) is 13.2 Å².